The fourth-order valence-electron chi connectivity index (χ4n) is 1.76. The zero-order chi connectivity index (χ0) is 16.0. The van der Waals surface area contributed by atoms with Crippen molar-refractivity contribution >= 4 is 17.7 Å². The molecule has 0 radical (unpaired) electrons. The third-order valence-electron chi connectivity index (χ3n) is 3.04. The number of hydrogen-bond donors (Lipinski definition) is 2. The normalized spacial score (nSPS) is 14.6. The molecule has 0 bridgehead atoms. The minimum Gasteiger partial charge on any atom is -0.348 e. The Morgan fingerprint density at radius 2 is 2.10 bits per heavy atom. The molecule has 1 aromatic carbocycles. The van der Waals surface area contributed by atoms with Gasteiger partial charge in [0.1, 0.15) is 0 Å². The largest absolute Gasteiger partial charge is 0.416 e. The lowest BCUT2D eigenvalue weighted by atomic mass is 10.0. The molecule has 0 spiro atoms. The van der Waals surface area contributed by atoms with Crippen molar-refractivity contribution in [3.8, 4) is 0 Å². The molecule has 7 heteroatoms. The highest BCUT2D eigenvalue weighted by Crippen LogP contribution is 2.30. The molecule has 1 amide bonds. The molecule has 1 rings (SSSR count). The lowest BCUT2D eigenvalue weighted by molar-refractivity contribution is -0.137. The Kier molecular flexibility index (Phi) is 6.54. The Labute approximate surface area is 126 Å². The van der Waals surface area contributed by atoms with Gasteiger partial charge in [0.25, 0.3) is 0 Å². The zero-order valence-corrected chi connectivity index (χ0v) is 12.7. The van der Waals surface area contributed by atoms with Gasteiger partial charge < -0.3 is 11.1 Å². The van der Waals surface area contributed by atoms with Crippen LogP contribution in [0.15, 0.2) is 24.3 Å². The van der Waals surface area contributed by atoms with Crippen molar-refractivity contribution in [1.82, 2.24) is 5.32 Å². The molecule has 3 N–H and O–H groups in total. The highest BCUT2D eigenvalue weighted by Gasteiger charge is 2.30. The second-order valence-corrected chi connectivity index (χ2v) is 5.73. The molecule has 2 atom stereocenters. The maximum atomic E-state index is 12.7. The first-order chi connectivity index (χ1) is 9.75. The van der Waals surface area contributed by atoms with Crippen LogP contribution < -0.4 is 11.1 Å². The number of amides is 1. The van der Waals surface area contributed by atoms with Crippen LogP contribution in [0.4, 0.5) is 13.2 Å². The molecule has 3 nitrogen and oxygen atoms in total. The number of hydrogen-bond acceptors (Lipinski definition) is 3. The average molecular weight is 320 g/mol. The molecule has 118 valence electrons. The summed E-state index contributed by atoms with van der Waals surface area (Å²) < 4.78 is 38.0. The number of benzene rings is 1. The van der Waals surface area contributed by atoms with Gasteiger partial charge in [-0.2, -0.15) is 24.9 Å². The van der Waals surface area contributed by atoms with Gasteiger partial charge in [0.2, 0.25) is 5.91 Å². The quantitative estimate of drug-likeness (QED) is 0.847. The predicted octanol–water partition coefficient (Wildman–Crippen LogP) is 2.96. The first-order valence-corrected chi connectivity index (χ1v) is 7.87. The van der Waals surface area contributed by atoms with Crippen molar-refractivity contribution < 1.29 is 18.0 Å². The summed E-state index contributed by atoms with van der Waals surface area (Å²) in [5.41, 5.74) is 5.39. The van der Waals surface area contributed by atoms with E-state index in [0.29, 0.717) is 12.0 Å². The molecule has 1 unspecified atom stereocenters. The van der Waals surface area contributed by atoms with E-state index in [-0.39, 0.29) is 5.91 Å². The van der Waals surface area contributed by atoms with Gasteiger partial charge in [-0.15, -0.1) is 0 Å². The molecule has 0 fully saturated rings. The second kappa shape index (κ2) is 7.70. The van der Waals surface area contributed by atoms with E-state index in [0.717, 1.165) is 17.9 Å². The summed E-state index contributed by atoms with van der Waals surface area (Å²) >= 11 is 1.58. The second-order valence-electron chi connectivity index (χ2n) is 4.74. The Morgan fingerprint density at radius 3 is 2.67 bits per heavy atom. The molecule has 0 heterocycles. The van der Waals surface area contributed by atoms with Crippen molar-refractivity contribution in [3.63, 3.8) is 0 Å². The van der Waals surface area contributed by atoms with Gasteiger partial charge in [-0.1, -0.05) is 12.1 Å². The molecular weight excluding hydrogens is 301 g/mol. The van der Waals surface area contributed by atoms with Gasteiger partial charge in [-0.05, 0) is 43.0 Å². The van der Waals surface area contributed by atoms with Crippen LogP contribution in [0.5, 0.6) is 0 Å². The Bertz CT molecular complexity index is 480. The number of thioether (sulfide) groups is 1. The summed E-state index contributed by atoms with van der Waals surface area (Å²) in [6.07, 6.45) is -1.95. The molecule has 21 heavy (non-hydrogen) atoms. The highest BCUT2D eigenvalue weighted by atomic mass is 32.2. The third-order valence-corrected chi connectivity index (χ3v) is 3.69. The molecule has 0 aliphatic heterocycles. The number of nitrogens with two attached hydrogens (primary N) is 1. The Morgan fingerprint density at radius 1 is 1.43 bits per heavy atom. The fraction of sp³-hybridized carbons (Fsp3) is 0.500. The smallest absolute Gasteiger partial charge is 0.348 e. The van der Waals surface area contributed by atoms with E-state index < -0.39 is 23.8 Å². The molecule has 0 aliphatic carbocycles. The minimum absolute atomic E-state index is 0.353. The van der Waals surface area contributed by atoms with Gasteiger partial charge >= 0.3 is 6.18 Å². The van der Waals surface area contributed by atoms with Crippen LogP contribution in [0.3, 0.4) is 0 Å². The summed E-state index contributed by atoms with van der Waals surface area (Å²) in [4.78, 5) is 11.8. The van der Waals surface area contributed by atoms with Crippen LogP contribution in [0.25, 0.3) is 0 Å². The molecule has 0 aliphatic rings. The van der Waals surface area contributed by atoms with E-state index in [1.54, 1.807) is 24.8 Å². The van der Waals surface area contributed by atoms with Crippen LogP contribution in [0.1, 0.15) is 30.5 Å². The number of carbonyl (C=O) groups excluding carboxylic acids is 1. The van der Waals surface area contributed by atoms with E-state index in [2.05, 4.69) is 5.32 Å². The van der Waals surface area contributed by atoms with Crippen molar-refractivity contribution in [2.24, 2.45) is 5.73 Å². The van der Waals surface area contributed by atoms with Gasteiger partial charge in [0.15, 0.2) is 0 Å². The summed E-state index contributed by atoms with van der Waals surface area (Å²) in [5, 5.41) is 2.64. The number of nitrogens with one attached hydrogen (secondary N) is 1. The number of rotatable bonds is 6. The minimum atomic E-state index is -4.39. The van der Waals surface area contributed by atoms with Crippen LogP contribution >= 0.6 is 11.8 Å². The number of carbonyl (C=O) groups is 1. The van der Waals surface area contributed by atoms with Gasteiger partial charge in [-0.25, -0.2) is 0 Å². The zero-order valence-electron chi connectivity index (χ0n) is 11.9. The molecular formula is C14H19F3N2OS. The number of halogens is 3. The summed E-state index contributed by atoms with van der Waals surface area (Å²) in [5.74, 6) is 0.404. The van der Waals surface area contributed by atoms with Crippen LogP contribution in [0, 0.1) is 0 Å². The summed E-state index contributed by atoms with van der Waals surface area (Å²) in [6.45, 7) is 1.63. The first-order valence-electron chi connectivity index (χ1n) is 6.47. The molecule has 1 aromatic rings. The fourth-order valence-corrected chi connectivity index (χ4v) is 2.25. The van der Waals surface area contributed by atoms with Crippen molar-refractivity contribution in [2.75, 3.05) is 12.0 Å². The van der Waals surface area contributed by atoms with E-state index in [1.165, 1.54) is 6.07 Å². The van der Waals surface area contributed by atoms with E-state index in [1.807, 2.05) is 6.26 Å². The lowest BCUT2D eigenvalue weighted by Gasteiger charge is -2.18. The standard InChI is InChI=1S/C14H19F3N2OS/c1-9(19-13(20)12(18)6-7-21-2)10-4-3-5-11(8-10)14(15,16)17/h3-5,8-9,12H,6-7,18H2,1-2H3,(H,19,20)/t9?,12-/m1/s1. The monoisotopic (exact) mass is 320 g/mol. The van der Waals surface area contributed by atoms with Gasteiger partial charge in [-0.3, -0.25) is 4.79 Å². The number of alkyl halides is 3. The summed E-state index contributed by atoms with van der Waals surface area (Å²) in [6, 6.07) is 3.74. The van der Waals surface area contributed by atoms with Gasteiger partial charge in [0, 0.05) is 0 Å². The van der Waals surface area contributed by atoms with Crippen molar-refractivity contribution in [3.05, 3.63) is 35.4 Å². The van der Waals surface area contributed by atoms with E-state index in [9.17, 15) is 18.0 Å². The topological polar surface area (TPSA) is 55.1 Å². The SMILES string of the molecule is CSCC[C@@H](N)C(=O)NC(C)c1cccc(C(F)(F)F)c1. The maximum absolute atomic E-state index is 12.7. The Hall–Kier alpha value is -1.21. The predicted molar refractivity (Wildman–Crippen MR) is 79.0 cm³/mol. The first kappa shape index (κ1) is 17.8. The maximum Gasteiger partial charge on any atom is 0.416 e. The van der Waals surface area contributed by atoms with E-state index in [4.69, 9.17) is 5.73 Å². The average Bonchev–Trinajstić information content (AvgIpc) is 2.43. The molecule has 0 saturated carbocycles. The molecule has 0 aromatic heterocycles. The molecule has 0 saturated heterocycles. The Balaban J connectivity index is 2.71. The van der Waals surface area contributed by atoms with Crippen LogP contribution in [-0.2, 0) is 11.0 Å². The van der Waals surface area contributed by atoms with Crippen LogP contribution in [-0.4, -0.2) is 24.0 Å². The third kappa shape index (κ3) is 5.59. The highest BCUT2D eigenvalue weighted by molar-refractivity contribution is 7.98. The van der Waals surface area contributed by atoms with Gasteiger partial charge in [0.05, 0.1) is 17.6 Å². The van der Waals surface area contributed by atoms with Crippen molar-refractivity contribution in [1.29, 1.82) is 0 Å². The van der Waals surface area contributed by atoms with Crippen LogP contribution in [0.2, 0.25) is 0 Å². The summed E-state index contributed by atoms with van der Waals surface area (Å²) in [7, 11) is 0. The van der Waals surface area contributed by atoms with Crippen molar-refractivity contribution in [2.45, 2.75) is 31.6 Å². The van der Waals surface area contributed by atoms with E-state index >= 15 is 0 Å². The lowest BCUT2D eigenvalue weighted by Crippen LogP contribution is -2.42.